The number of anilines is 1. The van der Waals surface area contributed by atoms with Gasteiger partial charge in [-0.05, 0) is 30.3 Å². The molecule has 1 amide bonds. The normalized spacial score (nSPS) is 9.74. The summed E-state index contributed by atoms with van der Waals surface area (Å²) in [4.78, 5) is 12.1. The summed E-state index contributed by atoms with van der Waals surface area (Å²) in [5, 5.41) is 12.3. The highest BCUT2D eigenvalue weighted by atomic mass is 35.5. The summed E-state index contributed by atoms with van der Waals surface area (Å²) < 4.78 is 0. The Kier molecular flexibility index (Phi) is 4.06. The number of nitrogens with zero attached hydrogens (tertiary/aromatic N) is 1. The van der Waals surface area contributed by atoms with Crippen LogP contribution in [0.5, 0.6) is 0 Å². The van der Waals surface area contributed by atoms with Crippen molar-refractivity contribution in [2.75, 3.05) is 5.32 Å². The fraction of sp³-hybridized carbons (Fsp3) is 0. The topological polar surface area (TPSA) is 52.9 Å². The summed E-state index contributed by atoms with van der Waals surface area (Å²) in [7, 11) is 0. The summed E-state index contributed by atoms with van der Waals surface area (Å²) >= 11 is 11.7. The van der Waals surface area contributed by atoms with Gasteiger partial charge in [0.1, 0.15) is 6.07 Å². The van der Waals surface area contributed by atoms with Crippen molar-refractivity contribution in [3.05, 3.63) is 63.6 Å². The summed E-state index contributed by atoms with van der Waals surface area (Å²) in [6.07, 6.45) is 0. The molecule has 0 saturated carbocycles. The van der Waals surface area contributed by atoms with E-state index >= 15 is 0 Å². The van der Waals surface area contributed by atoms with E-state index in [1.54, 1.807) is 30.3 Å². The summed E-state index contributed by atoms with van der Waals surface area (Å²) in [6, 6.07) is 13.4. The van der Waals surface area contributed by atoms with Crippen LogP contribution in [-0.4, -0.2) is 5.91 Å². The first-order valence-electron chi connectivity index (χ1n) is 5.37. The Hall–Kier alpha value is -2.02. The van der Waals surface area contributed by atoms with Crippen molar-refractivity contribution < 1.29 is 4.79 Å². The number of amides is 1. The van der Waals surface area contributed by atoms with E-state index in [2.05, 4.69) is 5.32 Å². The van der Waals surface area contributed by atoms with Gasteiger partial charge >= 0.3 is 0 Å². The SMILES string of the molecule is N#Cc1ccccc1NC(=O)c1ccc(Cl)cc1Cl. The molecule has 0 radical (unpaired) electrons. The van der Waals surface area contributed by atoms with Gasteiger partial charge in [-0.2, -0.15) is 5.26 Å². The molecule has 0 atom stereocenters. The predicted octanol–water partition coefficient (Wildman–Crippen LogP) is 4.12. The molecule has 0 bridgehead atoms. The molecule has 0 fully saturated rings. The maximum atomic E-state index is 12.1. The molecule has 19 heavy (non-hydrogen) atoms. The number of para-hydroxylation sites is 1. The van der Waals surface area contributed by atoms with Gasteiger partial charge in [0, 0.05) is 5.02 Å². The maximum absolute atomic E-state index is 12.1. The van der Waals surface area contributed by atoms with E-state index in [4.69, 9.17) is 28.5 Å². The molecule has 2 aromatic rings. The van der Waals surface area contributed by atoms with E-state index in [1.165, 1.54) is 12.1 Å². The number of hydrogen-bond acceptors (Lipinski definition) is 2. The Labute approximate surface area is 120 Å². The molecule has 0 aromatic heterocycles. The molecule has 3 nitrogen and oxygen atoms in total. The Bertz CT molecular complexity index is 677. The van der Waals surface area contributed by atoms with Crippen LogP contribution in [0.2, 0.25) is 10.0 Å². The van der Waals surface area contributed by atoms with Gasteiger partial charge in [-0.3, -0.25) is 4.79 Å². The van der Waals surface area contributed by atoms with Crippen LogP contribution < -0.4 is 5.32 Å². The molecule has 94 valence electrons. The third-order valence-corrected chi connectivity index (χ3v) is 3.02. The number of carbonyl (C=O) groups is 1. The lowest BCUT2D eigenvalue weighted by Gasteiger charge is -2.08. The molecule has 0 heterocycles. The Balaban J connectivity index is 2.29. The third kappa shape index (κ3) is 3.05. The van der Waals surface area contributed by atoms with Crippen molar-refractivity contribution >= 4 is 34.8 Å². The zero-order chi connectivity index (χ0) is 13.8. The van der Waals surface area contributed by atoms with Gasteiger partial charge in [-0.15, -0.1) is 0 Å². The van der Waals surface area contributed by atoms with Crippen molar-refractivity contribution in [3.63, 3.8) is 0 Å². The van der Waals surface area contributed by atoms with E-state index in [1.807, 2.05) is 6.07 Å². The van der Waals surface area contributed by atoms with Crippen LogP contribution in [-0.2, 0) is 0 Å². The van der Waals surface area contributed by atoms with E-state index in [0.717, 1.165) is 0 Å². The molecule has 0 unspecified atom stereocenters. The second-order valence-corrected chi connectivity index (χ2v) is 4.58. The highest BCUT2D eigenvalue weighted by Gasteiger charge is 2.12. The van der Waals surface area contributed by atoms with Gasteiger partial charge in [-0.1, -0.05) is 35.3 Å². The predicted molar refractivity (Wildman–Crippen MR) is 75.6 cm³/mol. The molecule has 1 N–H and O–H groups in total. The molecule has 0 saturated heterocycles. The minimum atomic E-state index is -0.385. The minimum absolute atomic E-state index is 0.263. The van der Waals surface area contributed by atoms with Gasteiger partial charge in [0.15, 0.2) is 0 Å². The van der Waals surface area contributed by atoms with E-state index in [9.17, 15) is 4.79 Å². The number of rotatable bonds is 2. The standard InChI is InChI=1S/C14H8Cl2N2O/c15-10-5-6-11(12(16)7-10)14(19)18-13-4-2-1-3-9(13)8-17/h1-7H,(H,18,19). The molecule has 0 aliphatic heterocycles. The number of carbonyl (C=O) groups excluding carboxylic acids is 1. The minimum Gasteiger partial charge on any atom is -0.321 e. The molecule has 2 aromatic carbocycles. The lowest BCUT2D eigenvalue weighted by atomic mass is 10.1. The van der Waals surface area contributed by atoms with Crippen molar-refractivity contribution in [2.45, 2.75) is 0 Å². The number of nitrogens with one attached hydrogen (secondary N) is 1. The van der Waals surface area contributed by atoms with Gasteiger partial charge < -0.3 is 5.32 Å². The van der Waals surface area contributed by atoms with Crippen LogP contribution in [0.25, 0.3) is 0 Å². The Morgan fingerprint density at radius 2 is 1.89 bits per heavy atom. The van der Waals surface area contributed by atoms with Crippen LogP contribution in [0.4, 0.5) is 5.69 Å². The quantitative estimate of drug-likeness (QED) is 0.905. The van der Waals surface area contributed by atoms with Crippen molar-refractivity contribution in [1.29, 1.82) is 5.26 Å². The average molecular weight is 291 g/mol. The van der Waals surface area contributed by atoms with Gasteiger partial charge in [0.2, 0.25) is 0 Å². The highest BCUT2D eigenvalue weighted by Crippen LogP contribution is 2.22. The fourth-order valence-electron chi connectivity index (χ4n) is 1.55. The zero-order valence-electron chi connectivity index (χ0n) is 9.65. The average Bonchev–Trinajstić information content (AvgIpc) is 2.39. The van der Waals surface area contributed by atoms with Crippen molar-refractivity contribution in [1.82, 2.24) is 0 Å². The summed E-state index contributed by atoms with van der Waals surface area (Å²) in [6.45, 7) is 0. The molecule has 0 aliphatic rings. The third-order valence-electron chi connectivity index (χ3n) is 2.47. The van der Waals surface area contributed by atoms with Crippen LogP contribution >= 0.6 is 23.2 Å². The second-order valence-electron chi connectivity index (χ2n) is 3.74. The smallest absolute Gasteiger partial charge is 0.257 e. The van der Waals surface area contributed by atoms with Crippen molar-refractivity contribution in [2.24, 2.45) is 0 Å². The lowest BCUT2D eigenvalue weighted by Crippen LogP contribution is -2.13. The number of halogens is 2. The maximum Gasteiger partial charge on any atom is 0.257 e. The Morgan fingerprint density at radius 1 is 1.16 bits per heavy atom. The van der Waals surface area contributed by atoms with E-state index < -0.39 is 0 Å². The van der Waals surface area contributed by atoms with Crippen LogP contribution in [0.3, 0.4) is 0 Å². The first kappa shape index (κ1) is 13.4. The van der Waals surface area contributed by atoms with Gasteiger partial charge in [0.25, 0.3) is 5.91 Å². The molecule has 0 aliphatic carbocycles. The largest absolute Gasteiger partial charge is 0.321 e. The molecular weight excluding hydrogens is 283 g/mol. The monoisotopic (exact) mass is 290 g/mol. The lowest BCUT2D eigenvalue weighted by molar-refractivity contribution is 0.102. The first-order chi connectivity index (χ1) is 9.11. The molecule has 5 heteroatoms. The number of nitriles is 1. The van der Waals surface area contributed by atoms with Crippen LogP contribution in [0, 0.1) is 11.3 Å². The Morgan fingerprint density at radius 3 is 2.58 bits per heavy atom. The van der Waals surface area contributed by atoms with Crippen LogP contribution in [0.15, 0.2) is 42.5 Å². The molecular formula is C14H8Cl2N2O. The highest BCUT2D eigenvalue weighted by molar-refractivity contribution is 6.37. The molecule has 2 rings (SSSR count). The van der Waals surface area contributed by atoms with Gasteiger partial charge in [-0.25, -0.2) is 0 Å². The fourth-order valence-corrected chi connectivity index (χ4v) is 2.05. The molecule has 0 spiro atoms. The first-order valence-corrected chi connectivity index (χ1v) is 6.13. The second kappa shape index (κ2) is 5.75. The van der Waals surface area contributed by atoms with Gasteiger partial charge in [0.05, 0.1) is 21.8 Å². The zero-order valence-corrected chi connectivity index (χ0v) is 11.2. The number of hydrogen-bond donors (Lipinski definition) is 1. The summed E-state index contributed by atoms with van der Waals surface area (Å²) in [5.74, 6) is -0.385. The summed E-state index contributed by atoms with van der Waals surface area (Å²) in [5.41, 5.74) is 1.14. The number of benzene rings is 2. The van der Waals surface area contributed by atoms with E-state index in [-0.39, 0.29) is 10.9 Å². The van der Waals surface area contributed by atoms with Crippen LogP contribution in [0.1, 0.15) is 15.9 Å². The van der Waals surface area contributed by atoms with E-state index in [0.29, 0.717) is 21.8 Å². The van der Waals surface area contributed by atoms with Crippen molar-refractivity contribution in [3.8, 4) is 6.07 Å².